The fourth-order valence-electron chi connectivity index (χ4n) is 8.74. The second-order valence-corrected chi connectivity index (χ2v) is 13.9. The van der Waals surface area contributed by atoms with E-state index in [0.717, 1.165) is 66.4 Å². The van der Waals surface area contributed by atoms with E-state index in [-0.39, 0.29) is 0 Å². The quantitative estimate of drug-likeness (QED) is 0.169. The van der Waals surface area contributed by atoms with Gasteiger partial charge in [-0.05, 0) is 77.9 Å². The number of hydrogen-bond donors (Lipinski definition) is 0. The van der Waals surface area contributed by atoms with Crippen LogP contribution in [-0.4, -0.2) is 13.7 Å². The number of nitrogens with zero attached hydrogens (tertiary/aromatic N) is 5. The molecule has 0 radical (unpaired) electrons. The average Bonchev–Trinajstić information content (AvgIpc) is 3.89. The first-order valence-electron chi connectivity index (χ1n) is 18.3. The average molecular weight is 700 g/mol. The van der Waals surface area contributed by atoms with Gasteiger partial charge < -0.3 is 13.7 Å². The van der Waals surface area contributed by atoms with E-state index in [1.54, 1.807) is 0 Å². The van der Waals surface area contributed by atoms with Crippen LogP contribution < -0.4 is 0 Å². The Morgan fingerprint density at radius 1 is 0.418 bits per heavy atom. The molecule has 5 nitrogen and oxygen atoms in total. The lowest BCUT2D eigenvalue weighted by atomic mass is 10.0. The third kappa shape index (κ3) is 4.45. The minimum Gasteiger partial charge on any atom is -0.310 e. The van der Waals surface area contributed by atoms with Crippen LogP contribution in [0.4, 0.5) is 5.69 Å². The van der Waals surface area contributed by atoms with Crippen molar-refractivity contribution < 1.29 is 0 Å². The summed E-state index contributed by atoms with van der Waals surface area (Å²) < 4.78 is 6.81. The summed E-state index contributed by atoms with van der Waals surface area (Å²) in [5, 5.41) is 17.0. The van der Waals surface area contributed by atoms with Crippen LogP contribution in [0.3, 0.4) is 0 Å². The number of fused-ring (bicyclic) bond motifs is 9. The summed E-state index contributed by atoms with van der Waals surface area (Å²) in [7, 11) is 0. The zero-order chi connectivity index (χ0) is 36.6. The van der Waals surface area contributed by atoms with E-state index in [9.17, 15) is 5.26 Å². The maximum Gasteiger partial charge on any atom is 0.196 e. The number of hydrogen-bond acceptors (Lipinski definition) is 1. The Morgan fingerprint density at radius 2 is 0.891 bits per heavy atom. The largest absolute Gasteiger partial charge is 0.310 e. The molecule has 0 bridgehead atoms. The first-order chi connectivity index (χ1) is 27.2. The van der Waals surface area contributed by atoms with E-state index in [4.69, 9.17) is 6.57 Å². The first kappa shape index (κ1) is 30.7. The van der Waals surface area contributed by atoms with Gasteiger partial charge in [0, 0.05) is 49.4 Å². The molecular formula is C50H29N5. The third-order valence-electron chi connectivity index (χ3n) is 11.1. The lowest BCUT2D eigenvalue weighted by Gasteiger charge is -2.14. The highest BCUT2D eigenvalue weighted by atomic mass is 15.0. The Kier molecular flexibility index (Phi) is 6.61. The minimum atomic E-state index is 0.582. The second kappa shape index (κ2) is 11.8. The second-order valence-electron chi connectivity index (χ2n) is 13.9. The monoisotopic (exact) mass is 699 g/mol. The molecule has 11 rings (SSSR count). The molecule has 0 spiro atoms. The van der Waals surface area contributed by atoms with Crippen molar-refractivity contribution in [2.24, 2.45) is 0 Å². The van der Waals surface area contributed by atoms with Gasteiger partial charge in [-0.2, -0.15) is 5.26 Å². The van der Waals surface area contributed by atoms with Gasteiger partial charge in [0.2, 0.25) is 0 Å². The third-order valence-corrected chi connectivity index (χ3v) is 11.1. The van der Waals surface area contributed by atoms with Crippen molar-refractivity contribution in [3.63, 3.8) is 0 Å². The molecule has 3 heterocycles. The van der Waals surface area contributed by atoms with Crippen LogP contribution in [0.2, 0.25) is 0 Å². The Bertz CT molecular complexity index is 3400. The number of benzene rings is 8. The van der Waals surface area contributed by atoms with Gasteiger partial charge in [0.05, 0.1) is 45.2 Å². The number of rotatable bonds is 4. The molecule has 0 saturated heterocycles. The van der Waals surface area contributed by atoms with Crippen LogP contribution in [0.1, 0.15) is 5.56 Å². The maximum atomic E-state index is 10.0. The lowest BCUT2D eigenvalue weighted by Crippen LogP contribution is -1.97. The van der Waals surface area contributed by atoms with E-state index in [2.05, 4.69) is 170 Å². The molecule has 0 amide bonds. The summed E-state index contributed by atoms with van der Waals surface area (Å²) in [5.74, 6) is 0. The number of aromatic nitrogens is 3. The predicted octanol–water partition coefficient (Wildman–Crippen LogP) is 13.1. The van der Waals surface area contributed by atoms with E-state index in [1.165, 1.54) is 27.2 Å². The summed E-state index contributed by atoms with van der Waals surface area (Å²) in [6.07, 6.45) is 0. The Hall–Kier alpha value is -7.86. The van der Waals surface area contributed by atoms with Gasteiger partial charge in [0.1, 0.15) is 6.07 Å². The fourth-order valence-corrected chi connectivity index (χ4v) is 8.74. The molecule has 0 unspecified atom stereocenters. The molecule has 0 atom stereocenters. The summed E-state index contributed by atoms with van der Waals surface area (Å²) in [5.41, 5.74) is 12.5. The normalized spacial score (nSPS) is 11.6. The van der Waals surface area contributed by atoms with Gasteiger partial charge in [-0.3, -0.25) is 0 Å². The van der Waals surface area contributed by atoms with Crippen LogP contribution in [0, 0.1) is 17.9 Å². The van der Waals surface area contributed by atoms with Crippen molar-refractivity contribution in [2.75, 3.05) is 0 Å². The Morgan fingerprint density at radius 3 is 1.49 bits per heavy atom. The van der Waals surface area contributed by atoms with Crippen molar-refractivity contribution in [1.29, 1.82) is 5.26 Å². The van der Waals surface area contributed by atoms with Crippen molar-refractivity contribution in [2.45, 2.75) is 0 Å². The molecule has 5 heteroatoms. The molecule has 254 valence electrons. The van der Waals surface area contributed by atoms with Gasteiger partial charge >= 0.3 is 0 Å². The first-order valence-corrected chi connectivity index (χ1v) is 18.3. The molecule has 11 aromatic rings. The Labute approximate surface area is 316 Å². The van der Waals surface area contributed by atoms with E-state index >= 15 is 0 Å². The van der Waals surface area contributed by atoms with Crippen LogP contribution >= 0.6 is 0 Å². The van der Waals surface area contributed by atoms with Gasteiger partial charge in [-0.15, -0.1) is 0 Å². The highest BCUT2D eigenvalue weighted by Crippen LogP contribution is 2.40. The predicted molar refractivity (Wildman–Crippen MR) is 226 cm³/mol. The standard InChI is InChI=1S/C50H29N5/c1-52-44-29-35(25-27-37(44)32-21-23-34(24-22-32)55-48-20-9-5-15-41(48)43-16-10-11-33(31-51)50(43)55)54-47-19-8-4-14-40(47)42-28-26-36(30-49(42)54)53-45-17-6-2-12-38(45)39-13-3-7-18-46(39)53/h2-30H. The van der Waals surface area contributed by atoms with Crippen molar-refractivity contribution in [3.8, 4) is 34.3 Å². The minimum absolute atomic E-state index is 0.582. The van der Waals surface area contributed by atoms with Gasteiger partial charge in [0.15, 0.2) is 5.69 Å². The molecule has 0 N–H and O–H groups in total. The van der Waals surface area contributed by atoms with Crippen LogP contribution in [0.5, 0.6) is 0 Å². The van der Waals surface area contributed by atoms with E-state index < -0.39 is 0 Å². The summed E-state index contributed by atoms with van der Waals surface area (Å²) in [6, 6.07) is 63.5. The van der Waals surface area contributed by atoms with Gasteiger partial charge in [0.25, 0.3) is 0 Å². The molecule has 0 aliphatic rings. The fraction of sp³-hybridized carbons (Fsp3) is 0. The Balaban J connectivity index is 1.05. The van der Waals surface area contributed by atoms with Gasteiger partial charge in [-0.25, -0.2) is 4.85 Å². The van der Waals surface area contributed by atoms with E-state index in [1.807, 2.05) is 30.3 Å². The number of para-hydroxylation sites is 5. The van der Waals surface area contributed by atoms with E-state index in [0.29, 0.717) is 11.3 Å². The van der Waals surface area contributed by atoms with Crippen molar-refractivity contribution in [3.05, 3.63) is 193 Å². The molecule has 3 aromatic heterocycles. The molecule has 0 saturated carbocycles. The summed E-state index contributed by atoms with van der Waals surface area (Å²) in [6.45, 7) is 8.32. The molecule has 8 aromatic carbocycles. The lowest BCUT2D eigenvalue weighted by molar-refractivity contribution is 1.16. The summed E-state index contributed by atoms with van der Waals surface area (Å²) >= 11 is 0. The molecule has 0 aliphatic carbocycles. The SMILES string of the molecule is [C-]#[N+]c1cc(-n2c3ccccc3c3ccc(-n4c5ccccc5c5ccccc54)cc32)ccc1-c1ccc(-n2c3ccccc3c3cccc(C#N)c32)cc1. The van der Waals surface area contributed by atoms with Crippen molar-refractivity contribution in [1.82, 2.24) is 13.7 Å². The van der Waals surface area contributed by atoms with Crippen LogP contribution in [0.25, 0.3) is 98.5 Å². The number of nitriles is 1. The molecule has 55 heavy (non-hydrogen) atoms. The van der Waals surface area contributed by atoms with Crippen molar-refractivity contribution >= 4 is 71.1 Å². The topological polar surface area (TPSA) is 42.9 Å². The zero-order valence-electron chi connectivity index (χ0n) is 29.5. The zero-order valence-corrected chi connectivity index (χ0v) is 29.5. The van der Waals surface area contributed by atoms with Gasteiger partial charge in [-0.1, -0.05) is 109 Å². The molecule has 0 aliphatic heterocycles. The van der Waals surface area contributed by atoms with Crippen LogP contribution in [-0.2, 0) is 0 Å². The smallest absolute Gasteiger partial charge is 0.196 e. The molecular weight excluding hydrogens is 671 g/mol. The highest BCUT2D eigenvalue weighted by molar-refractivity contribution is 6.13. The highest BCUT2D eigenvalue weighted by Gasteiger charge is 2.19. The summed E-state index contributed by atoms with van der Waals surface area (Å²) in [4.78, 5) is 4.07. The maximum absolute atomic E-state index is 10.0. The molecule has 0 fully saturated rings. The van der Waals surface area contributed by atoms with Crippen LogP contribution in [0.15, 0.2) is 176 Å².